The Morgan fingerprint density at radius 3 is 2.32 bits per heavy atom. The van der Waals surface area contributed by atoms with Crippen molar-refractivity contribution in [3.63, 3.8) is 0 Å². The van der Waals surface area contributed by atoms with Gasteiger partial charge in [-0.2, -0.15) is 0 Å². The number of ether oxygens (including phenoxy) is 2. The predicted octanol–water partition coefficient (Wildman–Crippen LogP) is 1.58. The number of anilines is 1. The fraction of sp³-hybridized carbons (Fsp3) is 0.118. The van der Waals surface area contributed by atoms with Crippen LogP contribution in [0.5, 0.6) is 5.75 Å². The summed E-state index contributed by atoms with van der Waals surface area (Å²) >= 11 is 0. The molecule has 1 heterocycles. The Hall–Kier alpha value is -3.55. The minimum atomic E-state index is -1.40. The Kier molecular flexibility index (Phi) is 5.23. The lowest BCUT2D eigenvalue weighted by Crippen LogP contribution is -2.28. The van der Waals surface area contributed by atoms with Gasteiger partial charge in [-0.25, -0.2) is 14.4 Å². The lowest BCUT2D eigenvalue weighted by atomic mass is 10.1. The summed E-state index contributed by atoms with van der Waals surface area (Å²) in [5.41, 5.74) is -0.819. The van der Waals surface area contributed by atoms with E-state index in [9.17, 15) is 24.6 Å². The first kappa shape index (κ1) is 17.8. The van der Waals surface area contributed by atoms with Gasteiger partial charge in [0.25, 0.3) is 0 Å². The topological polar surface area (TPSA) is 113 Å². The van der Waals surface area contributed by atoms with Crippen LogP contribution in [0.25, 0.3) is 0 Å². The highest BCUT2D eigenvalue weighted by atomic mass is 16.5. The number of aromatic hydroxyl groups is 1. The maximum Gasteiger partial charge on any atom is 0.355 e. The van der Waals surface area contributed by atoms with Crippen LogP contribution in [-0.4, -0.2) is 42.3 Å². The molecule has 2 N–H and O–H groups in total. The molecule has 0 unspecified atom stereocenters. The van der Waals surface area contributed by atoms with Crippen molar-refractivity contribution in [2.45, 2.75) is 0 Å². The highest BCUT2D eigenvalue weighted by Crippen LogP contribution is 2.33. The molecule has 130 valence electrons. The van der Waals surface area contributed by atoms with E-state index in [2.05, 4.69) is 4.74 Å². The molecule has 0 amide bonds. The van der Waals surface area contributed by atoms with Crippen molar-refractivity contribution >= 4 is 23.6 Å². The van der Waals surface area contributed by atoms with Gasteiger partial charge < -0.3 is 24.6 Å². The van der Waals surface area contributed by atoms with Crippen LogP contribution in [0.4, 0.5) is 5.69 Å². The molecule has 0 aliphatic carbocycles. The average Bonchev–Trinajstić information content (AvgIpc) is 2.82. The maximum atomic E-state index is 12.3. The molecule has 2 rings (SSSR count). The highest BCUT2D eigenvalue weighted by Gasteiger charge is 2.30. The number of rotatable bonds is 4. The smallest absolute Gasteiger partial charge is 0.355 e. The summed E-state index contributed by atoms with van der Waals surface area (Å²) in [7, 11) is 2.28. The molecule has 0 radical (unpaired) electrons. The monoisotopic (exact) mass is 345 g/mol. The molecule has 0 aromatic heterocycles. The summed E-state index contributed by atoms with van der Waals surface area (Å²) < 4.78 is 9.41. The fourth-order valence-electron chi connectivity index (χ4n) is 2.30. The molecule has 25 heavy (non-hydrogen) atoms. The Balaban J connectivity index is 2.79. The number of aromatic carboxylic acids is 1. The zero-order valence-electron chi connectivity index (χ0n) is 13.4. The number of hydrogen-bond donors (Lipinski definition) is 2. The SMILES string of the molecule is COC(=O)C1=C(C(=O)OC)N(c2cccc(O)c2C(=O)O)C=CC=C1. The number of phenols is 1. The van der Waals surface area contributed by atoms with Gasteiger partial charge in [0, 0.05) is 6.20 Å². The van der Waals surface area contributed by atoms with Gasteiger partial charge >= 0.3 is 17.9 Å². The van der Waals surface area contributed by atoms with Crippen molar-refractivity contribution in [2.75, 3.05) is 19.1 Å². The molecule has 8 nitrogen and oxygen atoms in total. The third kappa shape index (κ3) is 3.37. The minimum Gasteiger partial charge on any atom is -0.507 e. The van der Waals surface area contributed by atoms with Gasteiger partial charge in [0.2, 0.25) is 0 Å². The third-order valence-electron chi connectivity index (χ3n) is 3.38. The number of carboxylic acid groups (broad SMARTS) is 1. The molecule has 0 spiro atoms. The van der Waals surface area contributed by atoms with E-state index in [-0.39, 0.29) is 17.0 Å². The lowest BCUT2D eigenvalue weighted by Gasteiger charge is -2.24. The average molecular weight is 345 g/mol. The van der Waals surface area contributed by atoms with Gasteiger partial charge in [-0.1, -0.05) is 12.1 Å². The number of benzene rings is 1. The lowest BCUT2D eigenvalue weighted by molar-refractivity contribution is -0.139. The first-order valence-corrected chi connectivity index (χ1v) is 7.02. The number of esters is 2. The number of carboxylic acids is 1. The van der Waals surface area contributed by atoms with Crippen LogP contribution in [0, 0.1) is 0 Å². The summed E-state index contributed by atoms with van der Waals surface area (Å²) in [6, 6.07) is 4.00. The Bertz CT molecular complexity index is 820. The minimum absolute atomic E-state index is 0.0192. The van der Waals surface area contributed by atoms with Gasteiger partial charge in [0.05, 0.1) is 25.5 Å². The van der Waals surface area contributed by atoms with Crippen molar-refractivity contribution in [1.29, 1.82) is 0 Å². The molecule has 0 bridgehead atoms. The van der Waals surface area contributed by atoms with E-state index in [1.165, 1.54) is 42.6 Å². The summed E-state index contributed by atoms with van der Waals surface area (Å²) in [6.45, 7) is 0. The van der Waals surface area contributed by atoms with Crippen LogP contribution in [0.1, 0.15) is 10.4 Å². The maximum absolute atomic E-state index is 12.3. The third-order valence-corrected chi connectivity index (χ3v) is 3.38. The van der Waals surface area contributed by atoms with Crippen molar-refractivity contribution < 1.29 is 34.1 Å². The Labute approximate surface area is 142 Å². The summed E-state index contributed by atoms with van der Waals surface area (Å²) in [6.07, 6.45) is 5.70. The molecule has 0 fully saturated rings. The van der Waals surface area contributed by atoms with Gasteiger partial charge in [-0.3, -0.25) is 0 Å². The summed E-state index contributed by atoms with van der Waals surface area (Å²) in [5, 5.41) is 19.3. The van der Waals surface area contributed by atoms with Crippen molar-refractivity contribution in [3.05, 3.63) is 59.5 Å². The van der Waals surface area contributed by atoms with Crippen LogP contribution in [0.15, 0.2) is 53.9 Å². The van der Waals surface area contributed by atoms with Crippen molar-refractivity contribution in [2.24, 2.45) is 0 Å². The van der Waals surface area contributed by atoms with Crippen molar-refractivity contribution in [1.82, 2.24) is 0 Å². The molecule has 8 heteroatoms. The molecule has 1 aromatic rings. The first-order chi connectivity index (χ1) is 11.9. The number of methoxy groups -OCH3 is 2. The zero-order valence-corrected chi connectivity index (χ0v) is 13.4. The molecule has 1 aliphatic rings. The normalized spacial score (nSPS) is 13.4. The molecule has 1 aliphatic heterocycles. The second-order valence-electron chi connectivity index (χ2n) is 4.79. The molecule has 1 aromatic carbocycles. The highest BCUT2D eigenvalue weighted by molar-refractivity contribution is 6.07. The van der Waals surface area contributed by atoms with E-state index in [0.29, 0.717) is 0 Å². The fourth-order valence-corrected chi connectivity index (χ4v) is 2.30. The summed E-state index contributed by atoms with van der Waals surface area (Å²) in [4.78, 5) is 37.0. The van der Waals surface area contributed by atoms with Crippen LogP contribution in [0.3, 0.4) is 0 Å². The second-order valence-corrected chi connectivity index (χ2v) is 4.79. The number of allylic oxidation sites excluding steroid dienone is 2. The van der Waals surface area contributed by atoms with Crippen LogP contribution in [-0.2, 0) is 19.1 Å². The van der Waals surface area contributed by atoms with Gasteiger partial charge in [-0.05, 0) is 24.3 Å². The molecular weight excluding hydrogens is 330 g/mol. The van der Waals surface area contributed by atoms with E-state index in [4.69, 9.17) is 4.74 Å². The summed E-state index contributed by atoms with van der Waals surface area (Å²) in [5.74, 6) is -3.57. The Morgan fingerprint density at radius 1 is 1.04 bits per heavy atom. The number of carbonyl (C=O) groups excluding carboxylic acids is 2. The largest absolute Gasteiger partial charge is 0.507 e. The molecular formula is C17H15NO7. The second kappa shape index (κ2) is 7.35. The number of carbonyl (C=O) groups is 3. The van der Waals surface area contributed by atoms with Crippen LogP contribution >= 0.6 is 0 Å². The van der Waals surface area contributed by atoms with Gasteiger partial charge in [0.15, 0.2) is 0 Å². The quantitative estimate of drug-likeness (QED) is 0.791. The standard InChI is InChI=1S/C17H15NO7/c1-24-16(22)10-6-3-4-9-18(14(10)17(23)25-2)11-7-5-8-12(19)13(11)15(20)21/h3-9,19H,1-2H3,(H,20,21). The predicted molar refractivity (Wildman–Crippen MR) is 86.9 cm³/mol. The molecule has 0 atom stereocenters. The van der Waals surface area contributed by atoms with E-state index < -0.39 is 29.2 Å². The molecule has 0 saturated heterocycles. The van der Waals surface area contributed by atoms with E-state index in [0.717, 1.165) is 19.1 Å². The zero-order chi connectivity index (χ0) is 18.6. The van der Waals surface area contributed by atoms with Gasteiger partial charge in [0.1, 0.15) is 17.0 Å². The van der Waals surface area contributed by atoms with Crippen LogP contribution in [0.2, 0.25) is 0 Å². The van der Waals surface area contributed by atoms with E-state index in [1.807, 2.05) is 0 Å². The van der Waals surface area contributed by atoms with E-state index in [1.54, 1.807) is 0 Å². The van der Waals surface area contributed by atoms with Crippen molar-refractivity contribution in [3.8, 4) is 5.75 Å². The number of hydrogen-bond acceptors (Lipinski definition) is 7. The van der Waals surface area contributed by atoms with Crippen LogP contribution < -0.4 is 4.90 Å². The van der Waals surface area contributed by atoms with E-state index >= 15 is 0 Å². The van der Waals surface area contributed by atoms with Gasteiger partial charge in [-0.15, -0.1) is 0 Å². The number of nitrogens with zero attached hydrogens (tertiary/aromatic N) is 1. The Morgan fingerprint density at radius 2 is 1.72 bits per heavy atom. The molecule has 0 saturated carbocycles. The first-order valence-electron chi connectivity index (χ1n) is 7.02.